The topological polar surface area (TPSA) is 47.7 Å². The Labute approximate surface area is 117 Å². The molecule has 2 aliphatic rings. The quantitative estimate of drug-likeness (QED) is 0.825. The Hall–Kier alpha value is -0.160. The molecule has 0 spiro atoms. The van der Waals surface area contributed by atoms with Crippen LogP contribution in [0.2, 0.25) is 0 Å². The van der Waals surface area contributed by atoms with Gasteiger partial charge in [-0.05, 0) is 38.6 Å². The number of likely N-dealkylation sites (N-methyl/N-ethyl adjacent to an activating group) is 1. The van der Waals surface area contributed by atoms with Gasteiger partial charge in [0.15, 0.2) is 0 Å². The second-order valence-electron chi connectivity index (χ2n) is 6.55. The number of rotatable bonds is 5. The second kappa shape index (κ2) is 6.53. The van der Waals surface area contributed by atoms with Gasteiger partial charge in [0.2, 0.25) is 0 Å². The maximum absolute atomic E-state index is 6.14. The predicted octanol–water partition coefficient (Wildman–Crippen LogP) is 1.63. The van der Waals surface area contributed by atoms with Crippen molar-refractivity contribution in [1.82, 2.24) is 4.90 Å². The van der Waals surface area contributed by atoms with Crippen LogP contribution in [-0.2, 0) is 9.47 Å². The van der Waals surface area contributed by atoms with Gasteiger partial charge in [0.05, 0.1) is 12.2 Å². The van der Waals surface area contributed by atoms with Crippen molar-refractivity contribution in [2.75, 3.05) is 33.4 Å². The molecule has 112 valence electrons. The summed E-state index contributed by atoms with van der Waals surface area (Å²) in [5, 5.41) is 0. The van der Waals surface area contributed by atoms with Crippen LogP contribution in [0.25, 0.3) is 0 Å². The third kappa shape index (κ3) is 3.48. The van der Waals surface area contributed by atoms with E-state index in [9.17, 15) is 0 Å². The van der Waals surface area contributed by atoms with Crippen LogP contribution in [0.15, 0.2) is 0 Å². The molecule has 0 aromatic carbocycles. The summed E-state index contributed by atoms with van der Waals surface area (Å²) in [5.74, 6) is 0.558. The van der Waals surface area contributed by atoms with E-state index in [2.05, 4.69) is 25.8 Å². The van der Waals surface area contributed by atoms with Crippen molar-refractivity contribution in [3.63, 3.8) is 0 Å². The molecule has 0 saturated carbocycles. The summed E-state index contributed by atoms with van der Waals surface area (Å²) in [6.45, 7) is 7.93. The summed E-state index contributed by atoms with van der Waals surface area (Å²) >= 11 is 0. The van der Waals surface area contributed by atoms with Crippen molar-refractivity contribution in [2.45, 2.75) is 57.3 Å². The first-order valence-corrected chi connectivity index (χ1v) is 7.72. The van der Waals surface area contributed by atoms with E-state index in [-0.39, 0.29) is 5.54 Å². The van der Waals surface area contributed by atoms with Crippen LogP contribution >= 0.6 is 0 Å². The van der Waals surface area contributed by atoms with E-state index >= 15 is 0 Å². The van der Waals surface area contributed by atoms with Gasteiger partial charge in [0.1, 0.15) is 0 Å². The van der Waals surface area contributed by atoms with Gasteiger partial charge in [-0.25, -0.2) is 0 Å². The molecule has 19 heavy (non-hydrogen) atoms. The van der Waals surface area contributed by atoms with E-state index in [1.807, 2.05) is 0 Å². The number of hydrogen-bond acceptors (Lipinski definition) is 4. The van der Waals surface area contributed by atoms with Gasteiger partial charge in [0, 0.05) is 31.8 Å². The molecule has 2 rings (SSSR count). The van der Waals surface area contributed by atoms with E-state index in [4.69, 9.17) is 15.2 Å². The summed E-state index contributed by atoms with van der Waals surface area (Å²) in [4.78, 5) is 2.45. The molecule has 0 radical (unpaired) electrons. The van der Waals surface area contributed by atoms with E-state index in [1.165, 1.54) is 12.8 Å². The minimum atomic E-state index is 0.0964. The molecule has 0 aliphatic carbocycles. The van der Waals surface area contributed by atoms with Gasteiger partial charge < -0.3 is 15.2 Å². The Morgan fingerprint density at radius 1 is 1.32 bits per heavy atom. The highest BCUT2D eigenvalue weighted by Gasteiger charge is 2.41. The van der Waals surface area contributed by atoms with Crippen LogP contribution in [0.1, 0.15) is 39.5 Å². The molecule has 2 saturated heterocycles. The van der Waals surface area contributed by atoms with Crippen molar-refractivity contribution in [2.24, 2.45) is 11.7 Å². The van der Waals surface area contributed by atoms with E-state index in [1.54, 1.807) is 0 Å². The van der Waals surface area contributed by atoms with Crippen LogP contribution in [0.3, 0.4) is 0 Å². The van der Waals surface area contributed by atoms with Crippen molar-refractivity contribution < 1.29 is 9.47 Å². The maximum atomic E-state index is 6.14. The molecular formula is C15H30N2O2. The third-order valence-corrected chi connectivity index (χ3v) is 4.92. The van der Waals surface area contributed by atoms with E-state index < -0.39 is 0 Å². The highest BCUT2D eigenvalue weighted by Crippen LogP contribution is 2.33. The molecular weight excluding hydrogens is 240 g/mol. The largest absolute Gasteiger partial charge is 0.378 e. The van der Waals surface area contributed by atoms with Gasteiger partial charge >= 0.3 is 0 Å². The van der Waals surface area contributed by atoms with Crippen molar-refractivity contribution >= 4 is 0 Å². The summed E-state index contributed by atoms with van der Waals surface area (Å²) in [6.07, 6.45) is 5.21. The average Bonchev–Trinajstić information content (AvgIpc) is 2.91. The fourth-order valence-corrected chi connectivity index (χ4v) is 3.34. The van der Waals surface area contributed by atoms with Gasteiger partial charge in [-0.3, -0.25) is 4.90 Å². The summed E-state index contributed by atoms with van der Waals surface area (Å²) in [6, 6.07) is 0. The average molecular weight is 270 g/mol. The highest BCUT2D eigenvalue weighted by molar-refractivity contribution is 4.96. The van der Waals surface area contributed by atoms with Gasteiger partial charge in [-0.15, -0.1) is 0 Å². The van der Waals surface area contributed by atoms with Crippen molar-refractivity contribution in [3.8, 4) is 0 Å². The zero-order valence-corrected chi connectivity index (χ0v) is 12.7. The minimum absolute atomic E-state index is 0.0964. The van der Waals surface area contributed by atoms with Crippen LogP contribution in [0.4, 0.5) is 0 Å². The molecule has 0 bridgehead atoms. The first-order valence-electron chi connectivity index (χ1n) is 7.72. The van der Waals surface area contributed by atoms with E-state index in [0.717, 1.165) is 32.6 Å². The molecule has 2 N–H and O–H groups in total. The molecule has 3 unspecified atom stereocenters. The Bertz CT molecular complexity index is 279. The molecule has 2 heterocycles. The van der Waals surface area contributed by atoms with Gasteiger partial charge in [-0.2, -0.15) is 0 Å². The van der Waals surface area contributed by atoms with Gasteiger partial charge in [0.25, 0.3) is 0 Å². The lowest BCUT2D eigenvalue weighted by Crippen LogP contribution is -2.59. The molecule has 2 fully saturated rings. The lowest BCUT2D eigenvalue weighted by Gasteiger charge is -2.48. The zero-order chi connectivity index (χ0) is 13.9. The molecule has 3 atom stereocenters. The lowest BCUT2D eigenvalue weighted by molar-refractivity contribution is -0.0886. The Morgan fingerprint density at radius 2 is 2.11 bits per heavy atom. The van der Waals surface area contributed by atoms with Gasteiger partial charge in [-0.1, -0.05) is 13.8 Å². The molecule has 4 nitrogen and oxygen atoms in total. The molecule has 0 aromatic heterocycles. The second-order valence-corrected chi connectivity index (χ2v) is 6.55. The van der Waals surface area contributed by atoms with Crippen LogP contribution in [0.5, 0.6) is 0 Å². The smallest absolute Gasteiger partial charge is 0.0702 e. The lowest BCUT2D eigenvalue weighted by atomic mass is 9.82. The van der Waals surface area contributed by atoms with Crippen LogP contribution < -0.4 is 5.73 Å². The Morgan fingerprint density at radius 3 is 2.68 bits per heavy atom. The first kappa shape index (κ1) is 15.2. The summed E-state index contributed by atoms with van der Waals surface area (Å²) < 4.78 is 11.7. The number of nitrogens with two attached hydrogens (primary N) is 1. The number of nitrogens with zero attached hydrogens (tertiary/aromatic N) is 1. The van der Waals surface area contributed by atoms with E-state index in [0.29, 0.717) is 24.7 Å². The zero-order valence-electron chi connectivity index (χ0n) is 12.7. The first-order chi connectivity index (χ1) is 9.07. The SMILES string of the molecule is CC(C)C1CC(CN)(N(C)CC2CCCO2)CCO1. The highest BCUT2D eigenvalue weighted by atomic mass is 16.5. The standard InChI is InChI=1S/C15H30N2O2/c1-12(2)14-9-15(11-16,6-8-19-14)17(3)10-13-5-4-7-18-13/h12-14H,4-11,16H2,1-3H3. The van der Waals surface area contributed by atoms with Crippen LogP contribution in [-0.4, -0.2) is 56.0 Å². The Balaban J connectivity index is 1.98. The predicted molar refractivity (Wildman–Crippen MR) is 77.2 cm³/mol. The molecule has 0 aromatic rings. The normalized spacial score (nSPS) is 36.3. The molecule has 4 heteroatoms. The van der Waals surface area contributed by atoms with Crippen LogP contribution in [0, 0.1) is 5.92 Å². The molecule has 2 aliphatic heterocycles. The third-order valence-electron chi connectivity index (χ3n) is 4.92. The monoisotopic (exact) mass is 270 g/mol. The van der Waals surface area contributed by atoms with Crippen molar-refractivity contribution in [1.29, 1.82) is 0 Å². The molecule has 0 amide bonds. The fraction of sp³-hybridized carbons (Fsp3) is 1.00. The number of hydrogen-bond donors (Lipinski definition) is 1. The summed E-state index contributed by atoms with van der Waals surface area (Å²) in [7, 11) is 2.21. The summed E-state index contributed by atoms with van der Waals surface area (Å²) in [5.41, 5.74) is 6.23. The number of ether oxygens (including phenoxy) is 2. The Kier molecular flexibility index (Phi) is 5.23. The fourth-order valence-electron chi connectivity index (χ4n) is 3.34. The maximum Gasteiger partial charge on any atom is 0.0702 e. The minimum Gasteiger partial charge on any atom is -0.378 e. The van der Waals surface area contributed by atoms with Crippen molar-refractivity contribution in [3.05, 3.63) is 0 Å².